The van der Waals surface area contributed by atoms with E-state index in [1.807, 2.05) is 12.1 Å². The Morgan fingerprint density at radius 1 is 1.46 bits per heavy atom. The Bertz CT molecular complexity index is 309. The number of nitrogens with two attached hydrogens (primary N) is 1. The van der Waals surface area contributed by atoms with Crippen molar-refractivity contribution < 1.29 is 5.11 Å². The minimum Gasteiger partial charge on any atom is -0.508 e. The maximum atomic E-state index is 9.32. The molecule has 1 aromatic carbocycles. The van der Waals surface area contributed by atoms with Crippen molar-refractivity contribution in [1.82, 2.24) is 0 Å². The molecule has 0 saturated heterocycles. The molecule has 2 heteroatoms. The molecule has 0 amide bonds. The second-order valence-corrected chi connectivity index (χ2v) is 3.71. The van der Waals surface area contributed by atoms with E-state index in [1.54, 1.807) is 6.07 Å². The predicted molar refractivity (Wildman–Crippen MR) is 52.8 cm³/mol. The summed E-state index contributed by atoms with van der Waals surface area (Å²) in [6.07, 6.45) is 3.47. The van der Waals surface area contributed by atoms with Crippen LogP contribution in [0, 0.1) is 0 Å². The number of rotatable bonds is 1. The zero-order chi connectivity index (χ0) is 9.26. The third kappa shape index (κ3) is 1.54. The summed E-state index contributed by atoms with van der Waals surface area (Å²) < 4.78 is 0. The van der Waals surface area contributed by atoms with Crippen LogP contribution in [-0.4, -0.2) is 11.7 Å². The highest BCUT2D eigenvalue weighted by Gasteiger charge is 2.18. The van der Waals surface area contributed by atoms with Crippen LogP contribution in [0.1, 0.15) is 29.9 Å². The van der Waals surface area contributed by atoms with Gasteiger partial charge in [-0.2, -0.15) is 0 Å². The third-order valence-electron chi connectivity index (χ3n) is 2.85. The van der Waals surface area contributed by atoms with Gasteiger partial charge in [-0.05, 0) is 55.0 Å². The maximum absolute atomic E-state index is 9.32. The Hall–Kier alpha value is -1.02. The molecule has 0 bridgehead atoms. The molecule has 70 valence electrons. The quantitative estimate of drug-likeness (QED) is 0.686. The molecule has 1 aliphatic rings. The molecule has 1 aliphatic carbocycles. The number of fused-ring (bicyclic) bond motifs is 1. The maximum Gasteiger partial charge on any atom is 0.115 e. The van der Waals surface area contributed by atoms with E-state index in [4.69, 9.17) is 5.73 Å². The highest BCUT2D eigenvalue weighted by atomic mass is 16.3. The van der Waals surface area contributed by atoms with Gasteiger partial charge in [-0.3, -0.25) is 0 Å². The second-order valence-electron chi connectivity index (χ2n) is 3.71. The van der Waals surface area contributed by atoms with Gasteiger partial charge in [-0.1, -0.05) is 6.07 Å². The molecule has 0 unspecified atom stereocenters. The van der Waals surface area contributed by atoms with Crippen molar-refractivity contribution in [1.29, 1.82) is 0 Å². The van der Waals surface area contributed by atoms with Gasteiger partial charge >= 0.3 is 0 Å². The van der Waals surface area contributed by atoms with Gasteiger partial charge in [0.2, 0.25) is 0 Å². The Morgan fingerprint density at radius 2 is 2.31 bits per heavy atom. The SMILES string of the molecule is NC[C@H]1CCCc2cc(O)ccc21. The molecule has 0 heterocycles. The molecule has 1 atom stereocenters. The van der Waals surface area contributed by atoms with Gasteiger partial charge in [0.05, 0.1) is 0 Å². The molecule has 13 heavy (non-hydrogen) atoms. The zero-order valence-electron chi connectivity index (χ0n) is 7.66. The summed E-state index contributed by atoms with van der Waals surface area (Å²) in [5, 5.41) is 9.32. The van der Waals surface area contributed by atoms with Crippen LogP contribution in [0.3, 0.4) is 0 Å². The molecular weight excluding hydrogens is 162 g/mol. The Morgan fingerprint density at radius 3 is 3.08 bits per heavy atom. The molecular formula is C11H15NO. The van der Waals surface area contributed by atoms with E-state index >= 15 is 0 Å². The first kappa shape index (κ1) is 8.57. The summed E-state index contributed by atoms with van der Waals surface area (Å²) in [7, 11) is 0. The van der Waals surface area contributed by atoms with Crippen LogP contribution in [0.15, 0.2) is 18.2 Å². The number of aryl methyl sites for hydroxylation is 1. The second kappa shape index (κ2) is 3.38. The Balaban J connectivity index is 2.40. The van der Waals surface area contributed by atoms with Crippen molar-refractivity contribution in [3.8, 4) is 5.75 Å². The largest absolute Gasteiger partial charge is 0.508 e. The predicted octanol–water partition coefficient (Wildman–Crippen LogP) is 1.77. The Labute approximate surface area is 78.4 Å². The van der Waals surface area contributed by atoms with Crippen LogP contribution in [0.4, 0.5) is 0 Å². The summed E-state index contributed by atoms with van der Waals surface area (Å²) in [4.78, 5) is 0. The first-order chi connectivity index (χ1) is 6.31. The monoisotopic (exact) mass is 177 g/mol. The summed E-state index contributed by atoms with van der Waals surface area (Å²) in [6.45, 7) is 0.720. The number of phenols is 1. The molecule has 0 aliphatic heterocycles. The third-order valence-corrected chi connectivity index (χ3v) is 2.85. The van der Waals surface area contributed by atoms with Gasteiger partial charge in [0, 0.05) is 0 Å². The lowest BCUT2D eigenvalue weighted by Crippen LogP contribution is -2.17. The lowest BCUT2D eigenvalue weighted by atomic mass is 9.83. The minimum atomic E-state index is 0.372. The van der Waals surface area contributed by atoms with Gasteiger partial charge in [0.15, 0.2) is 0 Å². The van der Waals surface area contributed by atoms with E-state index in [0.29, 0.717) is 11.7 Å². The van der Waals surface area contributed by atoms with E-state index in [9.17, 15) is 5.11 Å². The normalized spacial score (nSPS) is 21.2. The first-order valence-electron chi connectivity index (χ1n) is 4.83. The van der Waals surface area contributed by atoms with Crippen LogP contribution in [0.25, 0.3) is 0 Å². The lowest BCUT2D eigenvalue weighted by molar-refractivity contribution is 0.471. The average molecular weight is 177 g/mol. The smallest absolute Gasteiger partial charge is 0.115 e. The molecule has 0 fully saturated rings. The van der Waals surface area contributed by atoms with Crippen molar-refractivity contribution in [2.45, 2.75) is 25.2 Å². The van der Waals surface area contributed by atoms with Crippen LogP contribution in [0.2, 0.25) is 0 Å². The summed E-state index contributed by atoms with van der Waals surface area (Å²) >= 11 is 0. The topological polar surface area (TPSA) is 46.2 Å². The molecule has 3 N–H and O–H groups in total. The molecule has 0 aromatic heterocycles. The van der Waals surface area contributed by atoms with E-state index in [0.717, 1.165) is 13.0 Å². The van der Waals surface area contributed by atoms with Gasteiger partial charge in [0.25, 0.3) is 0 Å². The number of phenolic OH excluding ortho intramolecular Hbond substituents is 1. The first-order valence-corrected chi connectivity index (χ1v) is 4.83. The highest BCUT2D eigenvalue weighted by Crippen LogP contribution is 2.32. The average Bonchev–Trinajstić information content (AvgIpc) is 2.16. The minimum absolute atomic E-state index is 0.372. The van der Waals surface area contributed by atoms with Crippen molar-refractivity contribution in [2.75, 3.05) is 6.54 Å². The summed E-state index contributed by atoms with van der Waals surface area (Å²) in [5.41, 5.74) is 8.31. The highest BCUT2D eigenvalue weighted by molar-refractivity contribution is 5.38. The fourth-order valence-corrected chi connectivity index (χ4v) is 2.15. The zero-order valence-corrected chi connectivity index (χ0v) is 7.66. The van der Waals surface area contributed by atoms with E-state index in [-0.39, 0.29) is 0 Å². The van der Waals surface area contributed by atoms with E-state index in [1.165, 1.54) is 24.0 Å². The van der Waals surface area contributed by atoms with Crippen molar-refractivity contribution in [2.24, 2.45) is 5.73 Å². The summed E-state index contributed by atoms with van der Waals surface area (Å²) in [5.74, 6) is 0.876. The van der Waals surface area contributed by atoms with Crippen molar-refractivity contribution in [3.05, 3.63) is 29.3 Å². The number of hydrogen-bond acceptors (Lipinski definition) is 2. The fraction of sp³-hybridized carbons (Fsp3) is 0.455. The lowest BCUT2D eigenvalue weighted by Gasteiger charge is -2.24. The van der Waals surface area contributed by atoms with Gasteiger partial charge in [0.1, 0.15) is 5.75 Å². The number of aromatic hydroxyl groups is 1. The van der Waals surface area contributed by atoms with Gasteiger partial charge < -0.3 is 10.8 Å². The molecule has 1 aromatic rings. The van der Waals surface area contributed by atoms with Crippen LogP contribution >= 0.6 is 0 Å². The van der Waals surface area contributed by atoms with Crippen molar-refractivity contribution >= 4 is 0 Å². The summed E-state index contributed by atoms with van der Waals surface area (Å²) in [6, 6.07) is 5.64. The molecule has 2 nitrogen and oxygen atoms in total. The fourth-order valence-electron chi connectivity index (χ4n) is 2.15. The van der Waals surface area contributed by atoms with E-state index in [2.05, 4.69) is 0 Å². The number of benzene rings is 1. The molecule has 0 spiro atoms. The van der Waals surface area contributed by atoms with Crippen molar-refractivity contribution in [3.63, 3.8) is 0 Å². The van der Waals surface area contributed by atoms with E-state index < -0.39 is 0 Å². The van der Waals surface area contributed by atoms with Crippen LogP contribution in [-0.2, 0) is 6.42 Å². The molecule has 0 saturated carbocycles. The molecule has 2 rings (SSSR count). The standard InChI is InChI=1S/C11H15NO/c12-7-9-3-1-2-8-6-10(13)4-5-11(8)9/h4-6,9,13H,1-3,7,12H2/t9-/m1/s1. The Kier molecular flexibility index (Phi) is 2.23. The van der Waals surface area contributed by atoms with Crippen LogP contribution in [0.5, 0.6) is 5.75 Å². The van der Waals surface area contributed by atoms with Gasteiger partial charge in [-0.15, -0.1) is 0 Å². The van der Waals surface area contributed by atoms with Crippen LogP contribution < -0.4 is 5.73 Å². The number of hydrogen-bond donors (Lipinski definition) is 2. The molecule has 0 radical (unpaired) electrons. The van der Waals surface area contributed by atoms with Gasteiger partial charge in [-0.25, -0.2) is 0 Å².